The summed E-state index contributed by atoms with van der Waals surface area (Å²) in [7, 11) is 1.94. The van der Waals surface area contributed by atoms with Crippen LogP contribution in [0.25, 0.3) is 0 Å². The minimum Gasteiger partial charge on any atom is -0.355 e. The minimum absolute atomic E-state index is 0.170. The molecule has 74 valence electrons. The number of nitriles is 1. The first-order chi connectivity index (χ1) is 6.66. The molecule has 0 aliphatic carbocycles. The third-order valence-electron chi connectivity index (χ3n) is 2.03. The average molecular weight is 302 g/mol. The summed E-state index contributed by atoms with van der Waals surface area (Å²) in [6.45, 7) is 2.00. The Morgan fingerprint density at radius 1 is 1.71 bits per heavy atom. The number of rotatable bonds is 3. The van der Waals surface area contributed by atoms with Gasteiger partial charge in [-0.15, -0.1) is 0 Å². The van der Waals surface area contributed by atoms with E-state index in [2.05, 4.69) is 38.6 Å². The van der Waals surface area contributed by atoms with Gasteiger partial charge in [0.25, 0.3) is 0 Å². The van der Waals surface area contributed by atoms with E-state index >= 15 is 0 Å². The molecule has 0 bridgehead atoms. The Labute approximate surface area is 97.1 Å². The molecule has 0 spiro atoms. The number of hydrogen-bond donors (Lipinski definition) is 0. The van der Waals surface area contributed by atoms with Gasteiger partial charge in [-0.2, -0.15) is 5.26 Å². The van der Waals surface area contributed by atoms with Gasteiger partial charge in [0, 0.05) is 19.3 Å². The molecular weight excluding hydrogens is 291 g/mol. The monoisotopic (exact) mass is 302 g/mol. The zero-order valence-corrected chi connectivity index (χ0v) is 10.3. The molecule has 1 rings (SSSR count). The second-order valence-corrected chi connectivity index (χ2v) is 4.18. The summed E-state index contributed by atoms with van der Waals surface area (Å²) in [5, 5.41) is 8.59. The van der Waals surface area contributed by atoms with E-state index in [-0.39, 0.29) is 6.04 Å². The molecule has 1 aromatic rings. The van der Waals surface area contributed by atoms with Crippen molar-refractivity contribution in [3.63, 3.8) is 0 Å². The van der Waals surface area contributed by atoms with Crippen molar-refractivity contribution >= 4 is 28.4 Å². The molecular formula is C9H11IN4. The highest BCUT2D eigenvalue weighted by atomic mass is 127. The summed E-state index contributed by atoms with van der Waals surface area (Å²) < 4.78 is 0.998. The molecule has 0 saturated carbocycles. The summed E-state index contributed by atoms with van der Waals surface area (Å²) in [6, 6.07) is 2.32. The van der Waals surface area contributed by atoms with Crippen LogP contribution in [-0.4, -0.2) is 23.1 Å². The van der Waals surface area contributed by atoms with Crippen molar-refractivity contribution < 1.29 is 0 Å². The molecule has 0 aliphatic rings. The maximum absolute atomic E-state index is 8.59. The van der Waals surface area contributed by atoms with Crippen LogP contribution in [-0.2, 0) is 0 Å². The summed E-state index contributed by atoms with van der Waals surface area (Å²) in [4.78, 5) is 10.1. The number of nitrogens with zero attached hydrogens (tertiary/aromatic N) is 4. The van der Waals surface area contributed by atoms with Crippen LogP contribution < -0.4 is 4.90 Å². The van der Waals surface area contributed by atoms with E-state index in [4.69, 9.17) is 5.26 Å². The Hall–Kier alpha value is -0.900. The molecule has 1 aromatic heterocycles. The first-order valence-electron chi connectivity index (χ1n) is 4.22. The molecule has 1 unspecified atom stereocenters. The lowest BCUT2D eigenvalue weighted by molar-refractivity contribution is 0.691. The van der Waals surface area contributed by atoms with Gasteiger partial charge in [0.15, 0.2) is 0 Å². The number of hydrogen-bond acceptors (Lipinski definition) is 4. The lowest BCUT2D eigenvalue weighted by Crippen LogP contribution is -2.29. The van der Waals surface area contributed by atoms with Crippen LogP contribution in [0.4, 0.5) is 5.82 Å². The molecule has 0 fully saturated rings. The van der Waals surface area contributed by atoms with E-state index in [9.17, 15) is 0 Å². The lowest BCUT2D eigenvalue weighted by Gasteiger charge is -2.24. The van der Waals surface area contributed by atoms with Gasteiger partial charge in [-0.3, -0.25) is 0 Å². The highest BCUT2D eigenvalue weighted by Gasteiger charge is 2.13. The first kappa shape index (κ1) is 11.2. The van der Waals surface area contributed by atoms with Crippen molar-refractivity contribution in [1.82, 2.24) is 9.97 Å². The lowest BCUT2D eigenvalue weighted by atomic mass is 10.2. The topological polar surface area (TPSA) is 52.8 Å². The molecule has 0 N–H and O–H groups in total. The summed E-state index contributed by atoms with van der Waals surface area (Å²) >= 11 is 2.19. The van der Waals surface area contributed by atoms with Crippen molar-refractivity contribution in [3.8, 4) is 6.07 Å². The van der Waals surface area contributed by atoms with Crippen molar-refractivity contribution in [2.24, 2.45) is 0 Å². The third-order valence-corrected chi connectivity index (χ3v) is 2.79. The highest BCUT2D eigenvalue weighted by Crippen LogP contribution is 2.19. The maximum atomic E-state index is 8.59. The summed E-state index contributed by atoms with van der Waals surface area (Å²) in [6.07, 6.45) is 3.78. The van der Waals surface area contributed by atoms with Gasteiger partial charge in [-0.25, -0.2) is 9.97 Å². The number of aromatic nitrogens is 2. The molecule has 0 amide bonds. The van der Waals surface area contributed by atoms with E-state index in [0.717, 1.165) is 9.39 Å². The predicted octanol–water partition coefficient (Wildman–Crippen LogP) is 1.82. The quantitative estimate of drug-likeness (QED) is 0.799. The fourth-order valence-electron chi connectivity index (χ4n) is 1.04. The van der Waals surface area contributed by atoms with E-state index < -0.39 is 0 Å². The van der Waals surface area contributed by atoms with Crippen molar-refractivity contribution in [3.05, 3.63) is 16.1 Å². The Kier molecular flexibility index (Phi) is 4.07. The zero-order chi connectivity index (χ0) is 10.6. The van der Waals surface area contributed by atoms with Crippen LogP contribution in [0.3, 0.4) is 0 Å². The minimum atomic E-state index is 0.170. The highest BCUT2D eigenvalue weighted by molar-refractivity contribution is 14.1. The summed E-state index contributed by atoms with van der Waals surface area (Å²) in [5.41, 5.74) is 0. The van der Waals surface area contributed by atoms with Gasteiger partial charge in [-0.05, 0) is 29.5 Å². The summed E-state index contributed by atoms with van der Waals surface area (Å²) in [5.74, 6) is 0.878. The molecule has 14 heavy (non-hydrogen) atoms. The molecule has 0 radical (unpaired) electrons. The van der Waals surface area contributed by atoms with Gasteiger partial charge in [0.05, 0.1) is 16.1 Å². The van der Waals surface area contributed by atoms with Crippen LogP contribution in [0, 0.1) is 14.9 Å². The SMILES string of the molecule is CC(CC#N)N(C)c1ncncc1I. The zero-order valence-electron chi connectivity index (χ0n) is 8.11. The largest absolute Gasteiger partial charge is 0.355 e. The van der Waals surface area contributed by atoms with Gasteiger partial charge in [0.1, 0.15) is 12.1 Å². The fourth-order valence-corrected chi connectivity index (χ4v) is 1.72. The van der Waals surface area contributed by atoms with Crippen LogP contribution in [0.1, 0.15) is 13.3 Å². The third kappa shape index (κ3) is 2.54. The van der Waals surface area contributed by atoms with Crippen molar-refractivity contribution in [1.29, 1.82) is 5.26 Å². The second-order valence-electron chi connectivity index (χ2n) is 3.02. The van der Waals surface area contributed by atoms with E-state index in [1.807, 2.05) is 18.9 Å². The molecule has 4 nitrogen and oxygen atoms in total. The van der Waals surface area contributed by atoms with Crippen molar-refractivity contribution in [2.45, 2.75) is 19.4 Å². The van der Waals surface area contributed by atoms with Crippen molar-refractivity contribution in [2.75, 3.05) is 11.9 Å². The standard InChI is InChI=1S/C9H11IN4/c1-7(3-4-11)14(2)9-8(10)5-12-6-13-9/h5-7H,3H2,1-2H3. The normalized spacial score (nSPS) is 11.9. The maximum Gasteiger partial charge on any atom is 0.145 e. The van der Waals surface area contributed by atoms with Gasteiger partial charge in [0.2, 0.25) is 0 Å². The second kappa shape index (κ2) is 5.10. The molecule has 0 aliphatic heterocycles. The Balaban J connectivity index is 2.84. The molecule has 0 saturated heterocycles. The van der Waals surface area contributed by atoms with Crippen LogP contribution >= 0.6 is 22.6 Å². The smallest absolute Gasteiger partial charge is 0.145 e. The van der Waals surface area contributed by atoms with Crippen LogP contribution in [0.5, 0.6) is 0 Å². The van der Waals surface area contributed by atoms with Gasteiger partial charge < -0.3 is 4.90 Å². The molecule has 1 atom stereocenters. The molecule has 1 heterocycles. The van der Waals surface area contributed by atoms with E-state index in [0.29, 0.717) is 6.42 Å². The van der Waals surface area contributed by atoms with E-state index in [1.165, 1.54) is 6.33 Å². The Bertz CT molecular complexity index is 347. The van der Waals surface area contributed by atoms with Crippen LogP contribution in [0.15, 0.2) is 12.5 Å². The Morgan fingerprint density at radius 2 is 2.43 bits per heavy atom. The van der Waals surface area contributed by atoms with Gasteiger partial charge in [-0.1, -0.05) is 0 Å². The van der Waals surface area contributed by atoms with Gasteiger partial charge >= 0.3 is 0 Å². The molecule has 0 aromatic carbocycles. The first-order valence-corrected chi connectivity index (χ1v) is 5.30. The van der Waals surface area contributed by atoms with Crippen LogP contribution in [0.2, 0.25) is 0 Å². The predicted molar refractivity (Wildman–Crippen MR) is 62.8 cm³/mol. The number of halogens is 1. The number of anilines is 1. The molecule has 5 heteroatoms. The average Bonchev–Trinajstić information content (AvgIpc) is 2.18. The Morgan fingerprint density at radius 3 is 3.00 bits per heavy atom. The fraction of sp³-hybridized carbons (Fsp3) is 0.444. The van der Waals surface area contributed by atoms with E-state index in [1.54, 1.807) is 6.20 Å².